The molecule has 0 unspecified atom stereocenters. The van der Waals surface area contributed by atoms with Gasteiger partial charge in [0.15, 0.2) is 5.82 Å². The summed E-state index contributed by atoms with van der Waals surface area (Å²) in [7, 11) is 0. The molecule has 0 saturated heterocycles. The first kappa shape index (κ1) is 10.7. The van der Waals surface area contributed by atoms with E-state index in [1.54, 1.807) is 6.07 Å². The highest BCUT2D eigenvalue weighted by atomic mass is 19.1. The highest BCUT2D eigenvalue weighted by molar-refractivity contribution is 5.80. The van der Waals surface area contributed by atoms with E-state index in [4.69, 9.17) is 0 Å². The topological polar surface area (TPSA) is 28.7 Å². The fraction of sp³-hybridized carbons (Fsp3) is 0.188. The number of imidazole rings is 1. The monoisotopic (exact) mass is 252 g/mol. The fourth-order valence-corrected chi connectivity index (χ4v) is 2.85. The minimum Gasteiger partial charge on any atom is -0.338 e. The number of benzene rings is 2. The molecule has 3 heteroatoms. The van der Waals surface area contributed by atoms with Crippen molar-refractivity contribution in [3.8, 4) is 11.4 Å². The van der Waals surface area contributed by atoms with Crippen molar-refractivity contribution in [1.82, 2.24) is 9.97 Å². The SMILES string of the molecule is Fc1cccc2[nH]c(-c3ccc4c(c3)CCC4)nc12. The minimum atomic E-state index is -0.277. The molecule has 2 aromatic carbocycles. The summed E-state index contributed by atoms with van der Waals surface area (Å²) >= 11 is 0. The van der Waals surface area contributed by atoms with Crippen LogP contribution >= 0.6 is 0 Å². The van der Waals surface area contributed by atoms with Crippen molar-refractivity contribution in [1.29, 1.82) is 0 Å². The van der Waals surface area contributed by atoms with E-state index in [2.05, 4.69) is 28.2 Å². The number of rotatable bonds is 1. The Balaban J connectivity index is 1.88. The van der Waals surface area contributed by atoms with Gasteiger partial charge in [-0.3, -0.25) is 0 Å². The number of para-hydroxylation sites is 1. The lowest BCUT2D eigenvalue weighted by Gasteiger charge is -2.01. The second-order valence-electron chi connectivity index (χ2n) is 5.06. The van der Waals surface area contributed by atoms with Gasteiger partial charge in [-0.05, 0) is 48.6 Å². The molecule has 19 heavy (non-hydrogen) atoms. The molecule has 0 aliphatic heterocycles. The molecule has 1 aliphatic carbocycles. The second-order valence-corrected chi connectivity index (χ2v) is 5.06. The lowest BCUT2D eigenvalue weighted by Crippen LogP contribution is -1.86. The Bertz CT molecular complexity index is 774. The van der Waals surface area contributed by atoms with Gasteiger partial charge in [-0.25, -0.2) is 9.37 Å². The van der Waals surface area contributed by atoms with Crippen molar-refractivity contribution < 1.29 is 4.39 Å². The average Bonchev–Trinajstić information content (AvgIpc) is 3.04. The van der Waals surface area contributed by atoms with Crippen LogP contribution < -0.4 is 0 Å². The summed E-state index contributed by atoms with van der Waals surface area (Å²) in [5.41, 5.74) is 5.04. The summed E-state index contributed by atoms with van der Waals surface area (Å²) in [5.74, 6) is 0.468. The van der Waals surface area contributed by atoms with Gasteiger partial charge in [-0.15, -0.1) is 0 Å². The van der Waals surface area contributed by atoms with E-state index in [1.165, 1.54) is 30.0 Å². The van der Waals surface area contributed by atoms with Crippen LogP contribution in [-0.4, -0.2) is 9.97 Å². The summed E-state index contributed by atoms with van der Waals surface area (Å²) in [4.78, 5) is 7.57. The van der Waals surface area contributed by atoms with Crippen molar-refractivity contribution in [2.24, 2.45) is 0 Å². The molecule has 0 saturated carbocycles. The zero-order valence-electron chi connectivity index (χ0n) is 10.4. The number of halogens is 1. The van der Waals surface area contributed by atoms with Crippen LogP contribution in [0.25, 0.3) is 22.4 Å². The molecule has 1 heterocycles. The molecule has 1 aromatic heterocycles. The fourth-order valence-electron chi connectivity index (χ4n) is 2.85. The average molecular weight is 252 g/mol. The van der Waals surface area contributed by atoms with Gasteiger partial charge in [0.1, 0.15) is 11.3 Å². The number of hydrogen-bond acceptors (Lipinski definition) is 1. The number of aryl methyl sites for hydroxylation is 2. The molecule has 0 fully saturated rings. The normalized spacial score (nSPS) is 13.9. The molecule has 94 valence electrons. The molecule has 2 nitrogen and oxygen atoms in total. The molecule has 0 amide bonds. The van der Waals surface area contributed by atoms with Gasteiger partial charge in [-0.2, -0.15) is 0 Å². The third-order valence-corrected chi connectivity index (χ3v) is 3.84. The van der Waals surface area contributed by atoms with Crippen LogP contribution in [0.3, 0.4) is 0 Å². The van der Waals surface area contributed by atoms with Gasteiger partial charge in [0.05, 0.1) is 5.52 Å². The summed E-state index contributed by atoms with van der Waals surface area (Å²) in [5, 5.41) is 0. The number of aromatic nitrogens is 2. The predicted octanol–water partition coefficient (Wildman–Crippen LogP) is 3.86. The molecule has 0 spiro atoms. The molecule has 3 aromatic rings. The summed E-state index contributed by atoms with van der Waals surface area (Å²) < 4.78 is 13.7. The first-order chi connectivity index (χ1) is 9.31. The van der Waals surface area contributed by atoms with Crippen LogP contribution in [0, 0.1) is 5.82 Å². The predicted molar refractivity (Wildman–Crippen MR) is 73.5 cm³/mol. The van der Waals surface area contributed by atoms with E-state index in [9.17, 15) is 4.39 Å². The van der Waals surface area contributed by atoms with Gasteiger partial charge in [0, 0.05) is 5.56 Å². The number of hydrogen-bond donors (Lipinski definition) is 1. The highest BCUT2D eigenvalue weighted by Gasteiger charge is 2.13. The molecular formula is C16H13FN2. The van der Waals surface area contributed by atoms with Crippen LogP contribution in [0.2, 0.25) is 0 Å². The zero-order valence-corrected chi connectivity index (χ0v) is 10.4. The first-order valence-corrected chi connectivity index (χ1v) is 6.58. The smallest absolute Gasteiger partial charge is 0.151 e. The van der Waals surface area contributed by atoms with Crippen LogP contribution in [0.4, 0.5) is 4.39 Å². The molecule has 0 bridgehead atoms. The van der Waals surface area contributed by atoms with E-state index >= 15 is 0 Å². The maximum atomic E-state index is 13.7. The maximum absolute atomic E-state index is 13.7. The van der Waals surface area contributed by atoms with Gasteiger partial charge < -0.3 is 4.98 Å². The van der Waals surface area contributed by atoms with Crippen molar-refractivity contribution in [2.75, 3.05) is 0 Å². The van der Waals surface area contributed by atoms with E-state index in [0.717, 1.165) is 23.3 Å². The van der Waals surface area contributed by atoms with E-state index in [0.29, 0.717) is 5.52 Å². The van der Waals surface area contributed by atoms with Crippen molar-refractivity contribution in [3.63, 3.8) is 0 Å². The molecule has 0 radical (unpaired) electrons. The van der Waals surface area contributed by atoms with Gasteiger partial charge in [0.25, 0.3) is 0 Å². The molecule has 1 aliphatic rings. The number of aromatic amines is 1. The van der Waals surface area contributed by atoms with Crippen LogP contribution in [0.1, 0.15) is 17.5 Å². The third-order valence-electron chi connectivity index (χ3n) is 3.84. The maximum Gasteiger partial charge on any atom is 0.151 e. The number of nitrogens with zero attached hydrogens (tertiary/aromatic N) is 1. The lowest BCUT2D eigenvalue weighted by molar-refractivity contribution is 0.637. The third kappa shape index (κ3) is 1.65. The van der Waals surface area contributed by atoms with Gasteiger partial charge in [-0.1, -0.05) is 18.2 Å². The van der Waals surface area contributed by atoms with Crippen molar-refractivity contribution >= 4 is 11.0 Å². The largest absolute Gasteiger partial charge is 0.338 e. The molecule has 1 N–H and O–H groups in total. The second kappa shape index (κ2) is 3.92. The Morgan fingerprint density at radius 2 is 1.95 bits per heavy atom. The highest BCUT2D eigenvalue weighted by Crippen LogP contribution is 2.28. The van der Waals surface area contributed by atoms with Crippen LogP contribution in [0.15, 0.2) is 36.4 Å². The molecule has 0 atom stereocenters. The van der Waals surface area contributed by atoms with E-state index in [1.807, 2.05) is 6.07 Å². The Morgan fingerprint density at radius 1 is 1.05 bits per heavy atom. The van der Waals surface area contributed by atoms with Gasteiger partial charge in [0.2, 0.25) is 0 Å². The van der Waals surface area contributed by atoms with E-state index in [-0.39, 0.29) is 5.82 Å². The Morgan fingerprint density at radius 3 is 2.84 bits per heavy atom. The summed E-state index contributed by atoms with van der Waals surface area (Å²) in [6.45, 7) is 0. The standard InChI is InChI=1S/C16H13FN2/c17-13-5-2-6-14-15(13)19-16(18-14)12-8-7-10-3-1-4-11(10)9-12/h2,5-9H,1,3-4H2,(H,18,19). The van der Waals surface area contributed by atoms with Gasteiger partial charge >= 0.3 is 0 Å². The van der Waals surface area contributed by atoms with Crippen molar-refractivity contribution in [2.45, 2.75) is 19.3 Å². The minimum absolute atomic E-state index is 0.277. The molecular weight excluding hydrogens is 239 g/mol. The number of nitrogens with one attached hydrogen (secondary N) is 1. The number of fused-ring (bicyclic) bond motifs is 2. The van der Waals surface area contributed by atoms with Crippen LogP contribution in [-0.2, 0) is 12.8 Å². The number of H-pyrrole nitrogens is 1. The Labute approximate surface area is 110 Å². The van der Waals surface area contributed by atoms with Crippen LogP contribution in [0.5, 0.6) is 0 Å². The first-order valence-electron chi connectivity index (χ1n) is 6.58. The quantitative estimate of drug-likeness (QED) is 0.700. The summed E-state index contributed by atoms with van der Waals surface area (Å²) in [6.07, 6.45) is 3.54. The van der Waals surface area contributed by atoms with E-state index < -0.39 is 0 Å². The zero-order chi connectivity index (χ0) is 12.8. The Kier molecular flexibility index (Phi) is 2.21. The molecule has 4 rings (SSSR count). The Hall–Kier alpha value is -2.16. The lowest BCUT2D eigenvalue weighted by atomic mass is 10.1. The summed E-state index contributed by atoms with van der Waals surface area (Å²) in [6, 6.07) is 11.4. The van der Waals surface area contributed by atoms with Crippen molar-refractivity contribution in [3.05, 3.63) is 53.3 Å².